The van der Waals surface area contributed by atoms with Gasteiger partial charge >= 0.3 is 5.97 Å². The summed E-state index contributed by atoms with van der Waals surface area (Å²) in [7, 11) is 0. The Kier molecular flexibility index (Phi) is 4.71. The first-order valence-corrected chi connectivity index (χ1v) is 9.48. The number of thiol groups is 1. The fourth-order valence-electron chi connectivity index (χ4n) is 3.21. The number of rotatable bonds is 4. The number of amides is 2. The maximum Gasteiger partial charge on any atom is 0.327 e. The molecule has 2 fully saturated rings. The molecule has 1 aromatic carbocycles. The highest BCUT2D eigenvalue weighted by atomic mass is 35.5. The summed E-state index contributed by atoms with van der Waals surface area (Å²) < 4.78 is -0.808. The molecule has 2 unspecified atom stereocenters. The lowest BCUT2D eigenvalue weighted by molar-refractivity contribution is -0.194. The van der Waals surface area contributed by atoms with E-state index >= 15 is 0 Å². The maximum atomic E-state index is 12.5. The summed E-state index contributed by atoms with van der Waals surface area (Å²) >= 11 is 11.2. The molecule has 2 aliphatic rings. The first-order chi connectivity index (χ1) is 12.0. The molecule has 0 spiro atoms. The minimum absolute atomic E-state index is 0.502. The van der Waals surface area contributed by atoms with Crippen LogP contribution in [0.5, 0.6) is 0 Å². The lowest BCUT2D eigenvalue weighted by atomic mass is 9.93. The van der Waals surface area contributed by atoms with Crippen molar-refractivity contribution in [2.24, 2.45) is 0 Å². The van der Waals surface area contributed by atoms with Crippen LogP contribution in [0.3, 0.4) is 0 Å². The highest BCUT2D eigenvalue weighted by molar-refractivity contribution is 8.01. The number of fused-ring (bicyclic) bond motifs is 1. The van der Waals surface area contributed by atoms with E-state index in [0.29, 0.717) is 10.6 Å². The van der Waals surface area contributed by atoms with Gasteiger partial charge in [0.15, 0.2) is 0 Å². The van der Waals surface area contributed by atoms with Crippen LogP contribution in [-0.4, -0.2) is 54.8 Å². The number of benzene rings is 1. The quantitative estimate of drug-likeness (QED) is 0.334. The van der Waals surface area contributed by atoms with E-state index in [4.69, 9.17) is 11.6 Å². The van der Waals surface area contributed by atoms with E-state index < -0.39 is 44.9 Å². The van der Waals surface area contributed by atoms with E-state index in [-0.39, 0.29) is 0 Å². The van der Waals surface area contributed by atoms with Crippen LogP contribution < -0.4 is 5.32 Å². The average molecular weight is 417 g/mol. The van der Waals surface area contributed by atoms with Crippen molar-refractivity contribution in [2.75, 3.05) is 0 Å². The molecule has 2 saturated heterocycles. The van der Waals surface area contributed by atoms with Crippen LogP contribution in [-0.2, 0) is 14.4 Å². The number of nitrogens with one attached hydrogen (secondary N) is 1. The third-order valence-corrected chi connectivity index (χ3v) is 6.91. The SMILES string of the molecule is CC1(C)S[C@H]2N(C(=O)C2(O)NC(=O)C(S)c2ccc(Cl)cc2)[C@H]1C(=O)O. The van der Waals surface area contributed by atoms with Gasteiger partial charge in [-0.05, 0) is 31.5 Å². The second-order valence-corrected chi connectivity index (χ2v) is 9.42. The van der Waals surface area contributed by atoms with Gasteiger partial charge in [-0.2, -0.15) is 12.6 Å². The summed E-state index contributed by atoms with van der Waals surface area (Å²) in [6.07, 6.45) is 0. The second-order valence-electron chi connectivity index (χ2n) is 6.74. The minimum Gasteiger partial charge on any atom is -0.480 e. The van der Waals surface area contributed by atoms with Crippen molar-refractivity contribution >= 4 is 53.8 Å². The molecule has 0 aromatic heterocycles. The third-order valence-electron chi connectivity index (χ3n) is 4.50. The molecule has 0 radical (unpaired) electrons. The number of thioether (sulfide) groups is 1. The fourth-order valence-corrected chi connectivity index (χ4v) is 5.15. The van der Waals surface area contributed by atoms with E-state index in [1.165, 1.54) is 0 Å². The van der Waals surface area contributed by atoms with Gasteiger partial charge in [-0.3, -0.25) is 9.59 Å². The van der Waals surface area contributed by atoms with E-state index in [1.54, 1.807) is 38.1 Å². The van der Waals surface area contributed by atoms with Gasteiger partial charge in [0.1, 0.15) is 16.7 Å². The Hall–Kier alpha value is -1.42. The first kappa shape index (κ1) is 19.3. The Morgan fingerprint density at radius 3 is 2.46 bits per heavy atom. The molecule has 2 amide bonds. The molecular weight excluding hydrogens is 400 g/mol. The number of carboxylic acid groups (broad SMARTS) is 1. The van der Waals surface area contributed by atoms with Crippen molar-refractivity contribution < 1.29 is 24.6 Å². The highest BCUT2D eigenvalue weighted by Gasteiger charge is 2.72. The molecule has 140 valence electrons. The lowest BCUT2D eigenvalue weighted by Crippen LogP contribution is -2.79. The monoisotopic (exact) mass is 416 g/mol. The van der Waals surface area contributed by atoms with Crippen molar-refractivity contribution in [2.45, 2.75) is 41.0 Å². The Balaban J connectivity index is 1.78. The summed E-state index contributed by atoms with van der Waals surface area (Å²) in [5.41, 5.74) is -1.61. The van der Waals surface area contributed by atoms with E-state index in [1.807, 2.05) is 0 Å². The summed E-state index contributed by atoms with van der Waals surface area (Å²) in [6, 6.07) is 5.36. The highest BCUT2D eigenvalue weighted by Crippen LogP contribution is 2.54. The van der Waals surface area contributed by atoms with Crippen molar-refractivity contribution in [3.63, 3.8) is 0 Å². The van der Waals surface area contributed by atoms with E-state index in [2.05, 4.69) is 17.9 Å². The molecule has 2 heterocycles. The van der Waals surface area contributed by atoms with Gasteiger partial charge in [0.05, 0.1) is 0 Å². The molecule has 0 saturated carbocycles. The second kappa shape index (κ2) is 6.33. The van der Waals surface area contributed by atoms with Crippen molar-refractivity contribution in [3.05, 3.63) is 34.9 Å². The van der Waals surface area contributed by atoms with E-state index in [0.717, 1.165) is 16.7 Å². The van der Waals surface area contributed by atoms with Gasteiger partial charge in [0.2, 0.25) is 11.6 Å². The number of nitrogens with zero attached hydrogens (tertiary/aromatic N) is 1. The van der Waals surface area contributed by atoms with Gasteiger partial charge in [-0.1, -0.05) is 23.7 Å². The topological polar surface area (TPSA) is 107 Å². The Morgan fingerprint density at radius 2 is 1.92 bits per heavy atom. The minimum atomic E-state index is -2.16. The van der Waals surface area contributed by atoms with Crippen LogP contribution >= 0.6 is 36.0 Å². The first-order valence-electron chi connectivity index (χ1n) is 7.70. The summed E-state index contributed by atoms with van der Waals surface area (Å²) in [5, 5.41) is 21.1. The number of hydrogen-bond donors (Lipinski definition) is 4. The Morgan fingerprint density at radius 1 is 1.35 bits per heavy atom. The lowest BCUT2D eigenvalue weighted by Gasteiger charge is -2.49. The van der Waals surface area contributed by atoms with Crippen LogP contribution in [0.1, 0.15) is 24.7 Å². The zero-order valence-corrected chi connectivity index (χ0v) is 16.3. The van der Waals surface area contributed by atoms with Crippen LogP contribution in [0.15, 0.2) is 24.3 Å². The summed E-state index contributed by atoms with van der Waals surface area (Å²) in [4.78, 5) is 37.5. The maximum absolute atomic E-state index is 12.5. The van der Waals surface area contributed by atoms with Crippen LogP contribution in [0, 0.1) is 0 Å². The molecule has 10 heteroatoms. The number of carbonyl (C=O) groups is 3. The Labute approximate surface area is 164 Å². The Bertz CT molecular complexity index is 787. The smallest absolute Gasteiger partial charge is 0.327 e. The standard InChI is InChI=1S/C16H17ClN2O5S2/c1-15(2)10(12(21)22)19-13(23)16(24,14(19)26-15)18-11(20)9(25)7-3-5-8(17)6-4-7/h3-6,9-10,14,24-25H,1-2H3,(H,18,20)(H,21,22)/t9?,10-,14+,16?/m0/s1. The summed E-state index contributed by atoms with van der Waals surface area (Å²) in [5.74, 6) is -2.65. The molecule has 3 rings (SSSR count). The van der Waals surface area contributed by atoms with Gasteiger partial charge in [0.25, 0.3) is 5.91 Å². The number of aliphatic carboxylic acids is 1. The third kappa shape index (κ3) is 2.87. The summed E-state index contributed by atoms with van der Waals surface area (Å²) in [6.45, 7) is 3.36. The van der Waals surface area contributed by atoms with Crippen molar-refractivity contribution in [3.8, 4) is 0 Å². The number of halogens is 1. The number of carboxylic acids is 1. The molecule has 4 atom stereocenters. The molecule has 3 N–H and O–H groups in total. The number of β-lactam (4-membered cyclic amide) rings is 1. The predicted octanol–water partition coefficient (Wildman–Crippen LogP) is 1.26. The predicted molar refractivity (Wildman–Crippen MR) is 100.0 cm³/mol. The van der Waals surface area contributed by atoms with Crippen molar-refractivity contribution in [1.82, 2.24) is 10.2 Å². The molecule has 0 aliphatic carbocycles. The van der Waals surface area contributed by atoms with Crippen LogP contribution in [0.4, 0.5) is 0 Å². The number of carbonyl (C=O) groups excluding carboxylic acids is 2. The number of hydrogen-bond acceptors (Lipinski definition) is 6. The molecule has 7 nitrogen and oxygen atoms in total. The van der Waals surface area contributed by atoms with Gasteiger partial charge in [0, 0.05) is 9.77 Å². The normalized spacial score (nSPS) is 30.3. The average Bonchev–Trinajstić information content (AvgIpc) is 2.84. The largest absolute Gasteiger partial charge is 0.480 e. The molecule has 26 heavy (non-hydrogen) atoms. The van der Waals surface area contributed by atoms with E-state index in [9.17, 15) is 24.6 Å². The zero-order valence-electron chi connectivity index (χ0n) is 13.8. The van der Waals surface area contributed by atoms with Gasteiger partial charge in [-0.25, -0.2) is 4.79 Å². The zero-order chi connectivity index (χ0) is 19.4. The molecular formula is C16H17ClN2O5S2. The van der Waals surface area contributed by atoms with Gasteiger partial charge < -0.3 is 20.4 Å². The van der Waals surface area contributed by atoms with Crippen molar-refractivity contribution in [1.29, 1.82) is 0 Å². The molecule has 0 bridgehead atoms. The molecule has 2 aliphatic heterocycles. The molecule has 1 aromatic rings. The fraction of sp³-hybridized carbons (Fsp3) is 0.438. The van der Waals surface area contributed by atoms with Gasteiger partial charge in [-0.15, -0.1) is 11.8 Å². The number of aliphatic hydroxyl groups is 1. The van der Waals surface area contributed by atoms with Crippen LogP contribution in [0.25, 0.3) is 0 Å². The van der Waals surface area contributed by atoms with Crippen LogP contribution in [0.2, 0.25) is 5.02 Å².